The SMILES string of the molecule is CC(C)(C)n1ccnc(SCCS(N)(=O)=O)c1=O. The molecular formula is C10H17N3O3S2. The van der Waals surface area contributed by atoms with Crippen LogP contribution in [0.4, 0.5) is 0 Å². The number of primary sulfonamides is 1. The Morgan fingerprint density at radius 2 is 2.06 bits per heavy atom. The maximum atomic E-state index is 12.1. The van der Waals surface area contributed by atoms with Gasteiger partial charge >= 0.3 is 0 Å². The molecular weight excluding hydrogens is 274 g/mol. The van der Waals surface area contributed by atoms with Gasteiger partial charge in [0.05, 0.1) is 5.75 Å². The summed E-state index contributed by atoms with van der Waals surface area (Å²) in [6, 6.07) is 0. The van der Waals surface area contributed by atoms with E-state index in [9.17, 15) is 13.2 Å². The highest BCUT2D eigenvalue weighted by Crippen LogP contribution is 2.14. The molecule has 2 N–H and O–H groups in total. The lowest BCUT2D eigenvalue weighted by Gasteiger charge is -2.22. The number of rotatable bonds is 4. The molecule has 0 unspecified atom stereocenters. The van der Waals surface area contributed by atoms with Crippen molar-refractivity contribution in [2.24, 2.45) is 5.14 Å². The van der Waals surface area contributed by atoms with Gasteiger partial charge in [0.25, 0.3) is 5.56 Å². The van der Waals surface area contributed by atoms with Gasteiger partial charge in [-0.25, -0.2) is 18.5 Å². The normalized spacial score (nSPS) is 12.7. The van der Waals surface area contributed by atoms with Gasteiger partial charge in [-0.2, -0.15) is 0 Å². The zero-order valence-corrected chi connectivity index (χ0v) is 12.2. The summed E-state index contributed by atoms with van der Waals surface area (Å²) in [6.45, 7) is 5.73. The fourth-order valence-corrected chi connectivity index (χ4v) is 3.09. The Hall–Kier alpha value is -0.860. The van der Waals surface area contributed by atoms with Crippen molar-refractivity contribution in [2.45, 2.75) is 31.3 Å². The van der Waals surface area contributed by atoms with Crippen LogP contribution in [0.15, 0.2) is 22.2 Å². The van der Waals surface area contributed by atoms with Gasteiger partial charge in [0.1, 0.15) is 0 Å². The summed E-state index contributed by atoms with van der Waals surface area (Å²) in [5.41, 5.74) is -0.556. The van der Waals surface area contributed by atoms with Crippen molar-refractivity contribution in [1.82, 2.24) is 9.55 Å². The molecule has 8 heteroatoms. The van der Waals surface area contributed by atoms with Crippen molar-refractivity contribution >= 4 is 21.8 Å². The number of hydrogen-bond acceptors (Lipinski definition) is 5. The number of nitrogens with two attached hydrogens (primary N) is 1. The zero-order valence-electron chi connectivity index (χ0n) is 10.6. The minimum absolute atomic E-state index is 0.177. The highest BCUT2D eigenvalue weighted by Gasteiger charge is 2.17. The predicted octanol–water partition coefficient (Wildman–Crippen LogP) is 0.379. The average Bonchev–Trinajstić information content (AvgIpc) is 2.17. The van der Waals surface area contributed by atoms with Crippen LogP contribution < -0.4 is 10.7 Å². The first-order valence-corrected chi connectivity index (χ1v) is 8.03. The molecule has 0 bridgehead atoms. The van der Waals surface area contributed by atoms with E-state index in [0.29, 0.717) is 0 Å². The topological polar surface area (TPSA) is 95.1 Å². The number of aromatic nitrogens is 2. The lowest BCUT2D eigenvalue weighted by atomic mass is 10.1. The standard InChI is InChI=1S/C10H17N3O3S2/c1-10(2,3)13-5-4-12-8(9(13)14)17-6-7-18(11,15)16/h4-5H,6-7H2,1-3H3,(H2,11,15,16). The lowest BCUT2D eigenvalue weighted by molar-refractivity contribution is 0.377. The van der Waals surface area contributed by atoms with E-state index in [0.717, 1.165) is 11.8 Å². The van der Waals surface area contributed by atoms with Crippen molar-refractivity contribution in [3.05, 3.63) is 22.7 Å². The molecule has 0 saturated heterocycles. The maximum absolute atomic E-state index is 12.1. The monoisotopic (exact) mass is 291 g/mol. The van der Waals surface area contributed by atoms with Crippen molar-refractivity contribution in [3.8, 4) is 0 Å². The van der Waals surface area contributed by atoms with Gasteiger partial charge < -0.3 is 4.57 Å². The Kier molecular flexibility index (Phi) is 4.57. The molecule has 0 aliphatic carbocycles. The largest absolute Gasteiger partial charge is 0.306 e. The maximum Gasteiger partial charge on any atom is 0.283 e. The second kappa shape index (κ2) is 5.41. The first-order chi connectivity index (χ1) is 8.11. The Labute approximate surface area is 111 Å². The fourth-order valence-electron chi connectivity index (χ4n) is 1.28. The molecule has 0 radical (unpaired) electrons. The van der Waals surface area contributed by atoms with Crippen LogP contribution in [-0.2, 0) is 15.6 Å². The second-order valence-corrected chi connectivity index (χ2v) is 7.61. The third kappa shape index (κ3) is 4.43. The molecule has 1 aromatic heterocycles. The van der Waals surface area contributed by atoms with E-state index in [2.05, 4.69) is 4.98 Å². The van der Waals surface area contributed by atoms with Gasteiger partial charge in [-0.15, -0.1) is 0 Å². The van der Waals surface area contributed by atoms with Crippen molar-refractivity contribution in [2.75, 3.05) is 11.5 Å². The zero-order chi connectivity index (χ0) is 14.0. The highest BCUT2D eigenvalue weighted by molar-refractivity contribution is 8.00. The van der Waals surface area contributed by atoms with Gasteiger partial charge in [-0.1, -0.05) is 11.8 Å². The molecule has 0 saturated carbocycles. The summed E-state index contributed by atoms with van der Waals surface area (Å²) < 4.78 is 23.2. The van der Waals surface area contributed by atoms with Crippen LogP contribution in [0.3, 0.4) is 0 Å². The molecule has 0 fully saturated rings. The van der Waals surface area contributed by atoms with Crippen LogP contribution in [0.1, 0.15) is 20.8 Å². The average molecular weight is 291 g/mol. The number of nitrogens with zero attached hydrogens (tertiary/aromatic N) is 2. The quantitative estimate of drug-likeness (QED) is 0.809. The molecule has 102 valence electrons. The third-order valence-electron chi connectivity index (χ3n) is 2.14. The molecule has 0 aromatic carbocycles. The molecule has 1 aromatic rings. The summed E-state index contributed by atoms with van der Waals surface area (Å²) >= 11 is 1.10. The van der Waals surface area contributed by atoms with Crippen molar-refractivity contribution in [1.29, 1.82) is 0 Å². The van der Waals surface area contributed by atoms with Crippen LogP contribution in [0.2, 0.25) is 0 Å². The van der Waals surface area contributed by atoms with Gasteiger partial charge in [0, 0.05) is 23.7 Å². The Morgan fingerprint density at radius 3 is 2.56 bits per heavy atom. The van der Waals surface area contributed by atoms with Gasteiger partial charge in [-0.3, -0.25) is 4.79 Å². The van der Waals surface area contributed by atoms with Crippen molar-refractivity contribution < 1.29 is 8.42 Å². The summed E-state index contributed by atoms with van der Waals surface area (Å²) in [5.74, 6) is 0.0401. The molecule has 1 rings (SSSR count). The fraction of sp³-hybridized carbons (Fsp3) is 0.600. The minimum atomic E-state index is -3.50. The Morgan fingerprint density at radius 1 is 1.44 bits per heavy atom. The summed E-state index contributed by atoms with van der Waals surface area (Å²) in [4.78, 5) is 16.0. The number of thioether (sulfide) groups is 1. The number of sulfonamides is 1. The van der Waals surface area contributed by atoms with Crippen LogP contribution >= 0.6 is 11.8 Å². The van der Waals surface area contributed by atoms with Gasteiger partial charge in [0.2, 0.25) is 10.0 Å². The van der Waals surface area contributed by atoms with Crippen LogP contribution in [0.5, 0.6) is 0 Å². The van der Waals surface area contributed by atoms with E-state index in [-0.39, 0.29) is 27.6 Å². The molecule has 0 amide bonds. The molecule has 6 nitrogen and oxygen atoms in total. The molecule has 0 atom stereocenters. The number of hydrogen-bond donors (Lipinski definition) is 1. The minimum Gasteiger partial charge on any atom is -0.306 e. The van der Waals surface area contributed by atoms with Crippen molar-refractivity contribution in [3.63, 3.8) is 0 Å². The molecule has 0 aliphatic heterocycles. The summed E-state index contributed by atoms with van der Waals surface area (Å²) in [6.07, 6.45) is 3.15. The molecule has 1 heterocycles. The first-order valence-electron chi connectivity index (χ1n) is 5.33. The van der Waals surface area contributed by atoms with E-state index in [1.54, 1.807) is 10.8 Å². The molecule has 0 spiro atoms. The second-order valence-electron chi connectivity index (χ2n) is 4.79. The van der Waals surface area contributed by atoms with E-state index in [4.69, 9.17) is 5.14 Å². The Bertz CT molecular complexity index is 573. The predicted molar refractivity (Wildman–Crippen MR) is 72.2 cm³/mol. The smallest absolute Gasteiger partial charge is 0.283 e. The van der Waals surface area contributed by atoms with E-state index >= 15 is 0 Å². The van der Waals surface area contributed by atoms with E-state index < -0.39 is 10.0 Å². The van der Waals surface area contributed by atoms with Gasteiger partial charge in [-0.05, 0) is 20.8 Å². The summed E-state index contributed by atoms with van der Waals surface area (Å²) in [5, 5.41) is 5.18. The Balaban J connectivity index is 2.89. The van der Waals surface area contributed by atoms with E-state index in [1.165, 1.54) is 6.20 Å². The summed E-state index contributed by atoms with van der Waals surface area (Å²) in [7, 11) is -3.50. The molecule has 18 heavy (non-hydrogen) atoms. The van der Waals surface area contributed by atoms with Crippen LogP contribution in [0, 0.1) is 0 Å². The van der Waals surface area contributed by atoms with Crippen LogP contribution in [-0.4, -0.2) is 29.5 Å². The van der Waals surface area contributed by atoms with Crippen LogP contribution in [0.25, 0.3) is 0 Å². The first kappa shape index (κ1) is 15.2. The molecule has 0 aliphatic rings. The third-order valence-corrected chi connectivity index (χ3v) is 4.13. The van der Waals surface area contributed by atoms with E-state index in [1.807, 2.05) is 20.8 Å². The lowest BCUT2D eigenvalue weighted by Crippen LogP contribution is -2.34. The highest BCUT2D eigenvalue weighted by atomic mass is 32.2. The van der Waals surface area contributed by atoms with Gasteiger partial charge in [0.15, 0.2) is 5.03 Å².